The molecule has 2 rings (SSSR count). The van der Waals surface area contributed by atoms with E-state index in [1.807, 2.05) is 12.1 Å². The summed E-state index contributed by atoms with van der Waals surface area (Å²) in [6.07, 6.45) is 0.178. The molecule has 128 valence electrons. The first-order valence-electron chi connectivity index (χ1n) is 7.38. The van der Waals surface area contributed by atoms with Gasteiger partial charge in [0.1, 0.15) is 0 Å². The van der Waals surface area contributed by atoms with Crippen LogP contribution in [-0.4, -0.2) is 27.2 Å². The van der Waals surface area contributed by atoms with Crippen molar-refractivity contribution in [2.75, 3.05) is 21.3 Å². The van der Waals surface area contributed by atoms with Crippen molar-refractivity contribution in [2.45, 2.75) is 13.0 Å². The number of ether oxygens (including phenoxy) is 3. The van der Waals surface area contributed by atoms with Gasteiger partial charge in [0.2, 0.25) is 11.7 Å². The molecule has 0 fully saturated rings. The minimum absolute atomic E-state index is 0.115. The van der Waals surface area contributed by atoms with Gasteiger partial charge in [-0.25, -0.2) is 0 Å². The van der Waals surface area contributed by atoms with Gasteiger partial charge in [-0.2, -0.15) is 0 Å². The van der Waals surface area contributed by atoms with E-state index in [1.54, 1.807) is 31.4 Å². The van der Waals surface area contributed by atoms with E-state index in [2.05, 4.69) is 5.32 Å². The molecule has 2 aromatic rings. The molecule has 6 heteroatoms. The van der Waals surface area contributed by atoms with Gasteiger partial charge in [-0.1, -0.05) is 29.8 Å². The van der Waals surface area contributed by atoms with Crippen LogP contribution in [0.1, 0.15) is 11.1 Å². The molecule has 2 aromatic carbocycles. The van der Waals surface area contributed by atoms with E-state index in [9.17, 15) is 4.79 Å². The Morgan fingerprint density at radius 3 is 2.21 bits per heavy atom. The average Bonchev–Trinajstić information content (AvgIpc) is 2.60. The van der Waals surface area contributed by atoms with Crippen molar-refractivity contribution in [3.63, 3.8) is 0 Å². The number of rotatable bonds is 7. The number of carbonyl (C=O) groups excluding carboxylic acids is 1. The van der Waals surface area contributed by atoms with Crippen LogP contribution < -0.4 is 19.5 Å². The zero-order chi connectivity index (χ0) is 17.5. The van der Waals surface area contributed by atoms with Gasteiger partial charge in [0.15, 0.2) is 11.5 Å². The minimum Gasteiger partial charge on any atom is -0.493 e. The SMILES string of the molecule is COc1ccc(CC(=O)NCc2ccc(Cl)cc2)c(OC)c1OC. The Morgan fingerprint density at radius 2 is 1.62 bits per heavy atom. The average molecular weight is 350 g/mol. The molecule has 0 aliphatic rings. The summed E-state index contributed by atoms with van der Waals surface area (Å²) in [7, 11) is 4.62. The zero-order valence-electron chi connectivity index (χ0n) is 13.9. The lowest BCUT2D eigenvalue weighted by atomic mass is 10.1. The summed E-state index contributed by atoms with van der Waals surface area (Å²) in [6, 6.07) is 10.9. The molecule has 0 aromatic heterocycles. The molecular weight excluding hydrogens is 330 g/mol. The minimum atomic E-state index is -0.115. The maximum atomic E-state index is 12.2. The first-order chi connectivity index (χ1) is 11.6. The quantitative estimate of drug-likeness (QED) is 0.833. The highest BCUT2D eigenvalue weighted by molar-refractivity contribution is 6.30. The van der Waals surface area contributed by atoms with E-state index < -0.39 is 0 Å². The van der Waals surface area contributed by atoms with Crippen LogP contribution in [0.2, 0.25) is 5.02 Å². The van der Waals surface area contributed by atoms with Gasteiger partial charge in [-0.3, -0.25) is 4.79 Å². The molecule has 0 saturated carbocycles. The first-order valence-corrected chi connectivity index (χ1v) is 7.75. The number of benzene rings is 2. The van der Waals surface area contributed by atoms with Crippen LogP contribution in [0.4, 0.5) is 0 Å². The van der Waals surface area contributed by atoms with Gasteiger partial charge in [0.05, 0.1) is 27.8 Å². The van der Waals surface area contributed by atoms with E-state index in [-0.39, 0.29) is 12.3 Å². The lowest BCUT2D eigenvalue weighted by molar-refractivity contribution is -0.120. The van der Waals surface area contributed by atoms with Crippen molar-refractivity contribution in [1.29, 1.82) is 0 Å². The summed E-state index contributed by atoms with van der Waals surface area (Å²) in [5.74, 6) is 1.41. The molecule has 1 amide bonds. The molecule has 1 N–H and O–H groups in total. The third-order valence-corrected chi connectivity index (χ3v) is 3.79. The molecule has 0 saturated heterocycles. The van der Waals surface area contributed by atoms with E-state index >= 15 is 0 Å². The van der Waals surface area contributed by atoms with Gasteiger partial charge in [0, 0.05) is 17.1 Å². The van der Waals surface area contributed by atoms with E-state index in [4.69, 9.17) is 25.8 Å². The molecule has 0 heterocycles. The fourth-order valence-electron chi connectivity index (χ4n) is 2.34. The van der Waals surface area contributed by atoms with Crippen molar-refractivity contribution in [3.05, 3.63) is 52.5 Å². The van der Waals surface area contributed by atoms with Crippen LogP contribution in [0.25, 0.3) is 0 Å². The molecule has 0 spiro atoms. The predicted octanol–water partition coefficient (Wildman–Crippen LogP) is 3.22. The molecule has 24 heavy (non-hydrogen) atoms. The lowest BCUT2D eigenvalue weighted by Gasteiger charge is -2.15. The second-order valence-electron chi connectivity index (χ2n) is 5.07. The summed E-state index contributed by atoms with van der Waals surface area (Å²) < 4.78 is 16.0. The Hall–Kier alpha value is -2.40. The van der Waals surface area contributed by atoms with Crippen LogP contribution in [0.15, 0.2) is 36.4 Å². The topological polar surface area (TPSA) is 56.8 Å². The standard InChI is InChI=1S/C18H20ClNO4/c1-22-15-9-6-13(17(23-2)18(15)24-3)10-16(21)20-11-12-4-7-14(19)8-5-12/h4-9H,10-11H2,1-3H3,(H,20,21). The van der Waals surface area contributed by atoms with Gasteiger partial charge in [-0.15, -0.1) is 0 Å². The van der Waals surface area contributed by atoms with Crippen molar-refractivity contribution in [3.8, 4) is 17.2 Å². The highest BCUT2D eigenvalue weighted by atomic mass is 35.5. The Labute approximate surface area is 146 Å². The van der Waals surface area contributed by atoms with Crippen LogP contribution in [0.3, 0.4) is 0 Å². The highest BCUT2D eigenvalue weighted by Gasteiger charge is 2.17. The highest BCUT2D eigenvalue weighted by Crippen LogP contribution is 2.39. The number of hydrogen-bond donors (Lipinski definition) is 1. The largest absolute Gasteiger partial charge is 0.493 e. The fourth-order valence-corrected chi connectivity index (χ4v) is 2.47. The van der Waals surface area contributed by atoms with Crippen molar-refractivity contribution < 1.29 is 19.0 Å². The van der Waals surface area contributed by atoms with Crippen molar-refractivity contribution >= 4 is 17.5 Å². The molecule has 5 nitrogen and oxygen atoms in total. The number of methoxy groups -OCH3 is 3. The summed E-state index contributed by atoms with van der Waals surface area (Å²) in [6.45, 7) is 0.436. The molecule has 0 aliphatic carbocycles. The van der Waals surface area contributed by atoms with Crippen LogP contribution in [0, 0.1) is 0 Å². The Balaban J connectivity index is 2.06. The molecule has 0 atom stereocenters. The molecule has 0 radical (unpaired) electrons. The van der Waals surface area contributed by atoms with Gasteiger partial charge in [-0.05, 0) is 23.8 Å². The van der Waals surface area contributed by atoms with Crippen LogP contribution in [0.5, 0.6) is 17.2 Å². The summed E-state index contributed by atoms with van der Waals surface area (Å²) in [5, 5.41) is 3.54. The monoisotopic (exact) mass is 349 g/mol. The summed E-state index contributed by atoms with van der Waals surface area (Å²) >= 11 is 5.85. The van der Waals surface area contributed by atoms with Crippen molar-refractivity contribution in [2.24, 2.45) is 0 Å². The second kappa shape index (κ2) is 8.45. The molecular formula is C18H20ClNO4. The number of carbonyl (C=O) groups is 1. The number of nitrogens with one attached hydrogen (secondary N) is 1. The second-order valence-corrected chi connectivity index (χ2v) is 5.51. The maximum absolute atomic E-state index is 12.2. The zero-order valence-corrected chi connectivity index (χ0v) is 14.6. The number of hydrogen-bond acceptors (Lipinski definition) is 4. The summed E-state index contributed by atoms with van der Waals surface area (Å²) in [5.41, 5.74) is 1.70. The number of amides is 1. The number of halogens is 1. The van der Waals surface area contributed by atoms with Crippen LogP contribution >= 0.6 is 11.6 Å². The van der Waals surface area contributed by atoms with E-state index in [0.717, 1.165) is 11.1 Å². The Morgan fingerprint density at radius 1 is 0.958 bits per heavy atom. The van der Waals surface area contributed by atoms with Crippen molar-refractivity contribution in [1.82, 2.24) is 5.32 Å². The summed E-state index contributed by atoms with van der Waals surface area (Å²) in [4.78, 5) is 12.2. The third kappa shape index (κ3) is 4.32. The molecule has 0 unspecified atom stereocenters. The smallest absolute Gasteiger partial charge is 0.224 e. The first kappa shape index (κ1) is 17.9. The predicted molar refractivity (Wildman–Crippen MR) is 93.1 cm³/mol. The molecule has 0 aliphatic heterocycles. The molecule has 0 bridgehead atoms. The normalized spacial score (nSPS) is 10.2. The fraction of sp³-hybridized carbons (Fsp3) is 0.278. The van der Waals surface area contributed by atoms with Crippen LogP contribution in [-0.2, 0) is 17.8 Å². The van der Waals surface area contributed by atoms with Gasteiger partial charge in [0.25, 0.3) is 0 Å². The van der Waals surface area contributed by atoms with Gasteiger partial charge < -0.3 is 19.5 Å². The lowest BCUT2D eigenvalue weighted by Crippen LogP contribution is -2.24. The Bertz CT molecular complexity index is 701. The third-order valence-electron chi connectivity index (χ3n) is 3.54. The van der Waals surface area contributed by atoms with E-state index in [0.29, 0.717) is 28.8 Å². The maximum Gasteiger partial charge on any atom is 0.224 e. The van der Waals surface area contributed by atoms with Gasteiger partial charge >= 0.3 is 0 Å². The Kier molecular flexibility index (Phi) is 6.32. The van der Waals surface area contributed by atoms with E-state index in [1.165, 1.54) is 14.2 Å².